The summed E-state index contributed by atoms with van der Waals surface area (Å²) in [5, 5.41) is 4.24. The minimum Gasteiger partial charge on any atom is -0.348 e. The average Bonchev–Trinajstić information content (AvgIpc) is 2.56. The number of nitrogens with one attached hydrogen (secondary N) is 1. The van der Waals surface area contributed by atoms with Gasteiger partial charge in [0.25, 0.3) is 0 Å². The summed E-state index contributed by atoms with van der Waals surface area (Å²) in [5.74, 6) is 0.658. The fourth-order valence-electron chi connectivity index (χ4n) is 1.30. The molecule has 16 heavy (non-hydrogen) atoms. The molecule has 0 unspecified atom stereocenters. The largest absolute Gasteiger partial charge is 0.348 e. The maximum absolute atomic E-state index is 4.45. The van der Waals surface area contributed by atoms with Gasteiger partial charge in [0.2, 0.25) is 5.95 Å². The maximum Gasteiger partial charge on any atom is 0.223 e. The van der Waals surface area contributed by atoms with E-state index in [9.17, 15) is 0 Å². The molecular formula is C11H14N4S. The first-order valence-corrected chi connectivity index (χ1v) is 5.93. The first kappa shape index (κ1) is 11.0. The van der Waals surface area contributed by atoms with Gasteiger partial charge in [0, 0.05) is 16.8 Å². The Morgan fingerprint density at radius 2 is 2.06 bits per heavy atom. The highest BCUT2D eigenvalue weighted by Crippen LogP contribution is 2.16. The van der Waals surface area contributed by atoms with Gasteiger partial charge in [-0.2, -0.15) is 0 Å². The number of anilines is 1. The Hall–Kier alpha value is -1.49. The summed E-state index contributed by atoms with van der Waals surface area (Å²) in [6, 6.07) is 1.88. The van der Waals surface area contributed by atoms with Crippen molar-refractivity contribution in [3.63, 3.8) is 0 Å². The van der Waals surface area contributed by atoms with Crippen LogP contribution in [0.5, 0.6) is 0 Å². The van der Waals surface area contributed by atoms with Crippen LogP contribution in [0, 0.1) is 20.8 Å². The van der Waals surface area contributed by atoms with Crippen LogP contribution in [-0.2, 0) is 6.54 Å². The van der Waals surface area contributed by atoms with Crippen LogP contribution in [0.4, 0.5) is 5.95 Å². The first-order chi connectivity index (χ1) is 7.65. The van der Waals surface area contributed by atoms with E-state index in [0.717, 1.165) is 16.4 Å². The van der Waals surface area contributed by atoms with Crippen molar-refractivity contribution in [2.24, 2.45) is 0 Å². The standard InChI is InChI=1S/C11H14N4S/c1-7-4-5-12-11(14-7)13-6-10-15-8(2)9(3)16-10/h4-5H,6H2,1-3H3,(H,12,13,14). The third-order valence-electron chi connectivity index (χ3n) is 2.27. The molecule has 0 atom stereocenters. The Labute approximate surface area is 98.8 Å². The first-order valence-electron chi connectivity index (χ1n) is 5.11. The molecule has 0 aliphatic carbocycles. The number of thiazole rings is 1. The van der Waals surface area contributed by atoms with Crippen molar-refractivity contribution in [1.29, 1.82) is 0 Å². The van der Waals surface area contributed by atoms with Gasteiger partial charge in [-0.05, 0) is 26.8 Å². The normalized spacial score (nSPS) is 10.4. The van der Waals surface area contributed by atoms with Crippen LogP contribution >= 0.6 is 11.3 Å². The summed E-state index contributed by atoms with van der Waals surface area (Å²) in [7, 11) is 0. The van der Waals surface area contributed by atoms with Crippen LogP contribution in [0.25, 0.3) is 0 Å². The van der Waals surface area contributed by atoms with Crippen molar-refractivity contribution in [3.8, 4) is 0 Å². The minimum absolute atomic E-state index is 0.658. The molecule has 2 heterocycles. The molecule has 0 aromatic carbocycles. The zero-order chi connectivity index (χ0) is 11.5. The van der Waals surface area contributed by atoms with Crippen LogP contribution < -0.4 is 5.32 Å². The summed E-state index contributed by atoms with van der Waals surface area (Å²) in [5.41, 5.74) is 2.07. The van der Waals surface area contributed by atoms with Crippen molar-refractivity contribution < 1.29 is 0 Å². The van der Waals surface area contributed by atoms with E-state index in [2.05, 4.69) is 27.2 Å². The van der Waals surface area contributed by atoms with Gasteiger partial charge in [-0.1, -0.05) is 0 Å². The number of aromatic nitrogens is 3. The van der Waals surface area contributed by atoms with Gasteiger partial charge in [0.15, 0.2) is 0 Å². The van der Waals surface area contributed by atoms with Crippen LogP contribution in [-0.4, -0.2) is 15.0 Å². The zero-order valence-electron chi connectivity index (χ0n) is 9.61. The Bertz CT molecular complexity index is 473. The van der Waals surface area contributed by atoms with Gasteiger partial charge in [0.05, 0.1) is 12.2 Å². The van der Waals surface area contributed by atoms with Crippen LogP contribution in [0.15, 0.2) is 12.3 Å². The second-order valence-electron chi connectivity index (χ2n) is 3.62. The molecule has 2 aromatic heterocycles. The van der Waals surface area contributed by atoms with E-state index in [-0.39, 0.29) is 0 Å². The summed E-state index contributed by atoms with van der Waals surface area (Å²) >= 11 is 1.71. The summed E-state index contributed by atoms with van der Waals surface area (Å²) < 4.78 is 0. The lowest BCUT2D eigenvalue weighted by molar-refractivity contribution is 1.01. The molecule has 0 aliphatic rings. The highest BCUT2D eigenvalue weighted by Gasteiger charge is 2.03. The summed E-state index contributed by atoms with van der Waals surface area (Å²) in [6.07, 6.45) is 1.75. The third-order valence-corrected chi connectivity index (χ3v) is 3.34. The van der Waals surface area contributed by atoms with Gasteiger partial charge in [0.1, 0.15) is 5.01 Å². The summed E-state index contributed by atoms with van der Waals surface area (Å²) in [4.78, 5) is 14.1. The molecule has 84 valence electrons. The van der Waals surface area contributed by atoms with E-state index in [0.29, 0.717) is 12.5 Å². The van der Waals surface area contributed by atoms with E-state index in [1.165, 1.54) is 4.88 Å². The lowest BCUT2D eigenvalue weighted by atomic mass is 10.4. The van der Waals surface area contributed by atoms with E-state index in [1.807, 2.05) is 19.9 Å². The van der Waals surface area contributed by atoms with Crippen LogP contribution in [0.2, 0.25) is 0 Å². The quantitative estimate of drug-likeness (QED) is 0.886. The van der Waals surface area contributed by atoms with Gasteiger partial charge >= 0.3 is 0 Å². The van der Waals surface area contributed by atoms with Crippen LogP contribution in [0.3, 0.4) is 0 Å². The zero-order valence-corrected chi connectivity index (χ0v) is 10.4. The Balaban J connectivity index is 2.02. The molecule has 0 bridgehead atoms. The lowest BCUT2D eigenvalue weighted by Gasteiger charge is -2.01. The smallest absolute Gasteiger partial charge is 0.223 e. The second-order valence-corrected chi connectivity index (χ2v) is 4.91. The fourth-order valence-corrected chi connectivity index (χ4v) is 2.18. The number of rotatable bonds is 3. The molecule has 2 aromatic rings. The predicted octanol–water partition coefficient (Wildman–Crippen LogP) is 2.47. The van der Waals surface area contributed by atoms with Gasteiger partial charge in [-0.3, -0.25) is 0 Å². The Morgan fingerprint density at radius 3 is 2.69 bits per heavy atom. The molecule has 1 N–H and O–H groups in total. The highest BCUT2D eigenvalue weighted by atomic mass is 32.1. The lowest BCUT2D eigenvalue weighted by Crippen LogP contribution is -2.03. The third kappa shape index (κ3) is 2.55. The summed E-state index contributed by atoms with van der Waals surface area (Å²) in [6.45, 7) is 6.74. The molecule has 0 spiro atoms. The topological polar surface area (TPSA) is 50.7 Å². The van der Waals surface area contributed by atoms with Crippen molar-refractivity contribution in [1.82, 2.24) is 15.0 Å². The van der Waals surface area contributed by atoms with E-state index >= 15 is 0 Å². The van der Waals surface area contributed by atoms with Crippen molar-refractivity contribution in [2.45, 2.75) is 27.3 Å². The van der Waals surface area contributed by atoms with Gasteiger partial charge in [-0.25, -0.2) is 15.0 Å². The van der Waals surface area contributed by atoms with Gasteiger partial charge < -0.3 is 5.32 Å². The van der Waals surface area contributed by atoms with Crippen molar-refractivity contribution in [3.05, 3.63) is 33.5 Å². The molecule has 0 aliphatic heterocycles. The molecule has 2 rings (SSSR count). The molecule has 0 amide bonds. The average molecular weight is 234 g/mol. The Kier molecular flexibility index (Phi) is 3.14. The maximum atomic E-state index is 4.45. The number of hydrogen-bond donors (Lipinski definition) is 1. The molecule has 0 saturated carbocycles. The van der Waals surface area contributed by atoms with E-state index in [1.54, 1.807) is 17.5 Å². The molecule has 5 heteroatoms. The Morgan fingerprint density at radius 1 is 1.25 bits per heavy atom. The van der Waals surface area contributed by atoms with Gasteiger partial charge in [-0.15, -0.1) is 11.3 Å². The van der Waals surface area contributed by atoms with Crippen molar-refractivity contribution >= 4 is 17.3 Å². The minimum atomic E-state index is 0.658. The SMILES string of the molecule is Cc1ccnc(NCc2nc(C)c(C)s2)n1. The monoisotopic (exact) mass is 234 g/mol. The number of hydrogen-bond acceptors (Lipinski definition) is 5. The molecule has 4 nitrogen and oxygen atoms in total. The molecule has 0 fully saturated rings. The molecule has 0 radical (unpaired) electrons. The van der Waals surface area contributed by atoms with Crippen molar-refractivity contribution in [2.75, 3.05) is 5.32 Å². The number of aryl methyl sites for hydroxylation is 3. The fraction of sp³-hybridized carbons (Fsp3) is 0.364. The predicted molar refractivity (Wildman–Crippen MR) is 65.7 cm³/mol. The second kappa shape index (κ2) is 4.57. The molecular weight excluding hydrogens is 220 g/mol. The number of nitrogens with zero attached hydrogens (tertiary/aromatic N) is 3. The molecule has 0 saturated heterocycles. The van der Waals surface area contributed by atoms with Crippen LogP contribution in [0.1, 0.15) is 21.3 Å². The highest BCUT2D eigenvalue weighted by molar-refractivity contribution is 7.11. The van der Waals surface area contributed by atoms with E-state index in [4.69, 9.17) is 0 Å². The van der Waals surface area contributed by atoms with E-state index < -0.39 is 0 Å².